The highest BCUT2D eigenvalue weighted by Gasteiger charge is 2.11. The first-order valence-corrected chi connectivity index (χ1v) is 7.77. The van der Waals surface area contributed by atoms with Crippen molar-refractivity contribution < 1.29 is 4.79 Å². The van der Waals surface area contributed by atoms with E-state index in [2.05, 4.69) is 9.97 Å². The molecule has 0 aliphatic rings. The van der Waals surface area contributed by atoms with E-state index < -0.39 is 0 Å². The number of benzene rings is 1. The van der Waals surface area contributed by atoms with Crippen molar-refractivity contribution in [3.05, 3.63) is 85.8 Å². The van der Waals surface area contributed by atoms with Crippen molar-refractivity contribution >= 4 is 17.9 Å². The third-order valence-electron chi connectivity index (χ3n) is 3.90. The van der Waals surface area contributed by atoms with E-state index in [0.717, 1.165) is 23.5 Å². The third kappa shape index (κ3) is 2.92. The molecule has 0 radical (unpaired) electrons. The van der Waals surface area contributed by atoms with E-state index in [1.165, 1.54) is 4.90 Å². The molecular formula is C19H15N5O. The Labute approximate surface area is 144 Å². The van der Waals surface area contributed by atoms with Gasteiger partial charge in [0.2, 0.25) is 6.41 Å². The highest BCUT2D eigenvalue weighted by molar-refractivity contribution is 5.85. The maximum absolute atomic E-state index is 11.7. The molecule has 0 fully saturated rings. The average molecular weight is 329 g/mol. The normalized spacial score (nSPS) is 10.6. The van der Waals surface area contributed by atoms with E-state index >= 15 is 0 Å². The molecule has 122 valence electrons. The molecule has 6 nitrogen and oxygen atoms in total. The number of nitrogens with zero attached hydrogens (tertiary/aromatic N) is 5. The second-order valence-electron chi connectivity index (χ2n) is 5.43. The lowest BCUT2D eigenvalue weighted by molar-refractivity contribution is -0.106. The number of imidazole rings is 1. The Balaban J connectivity index is 1.66. The molecule has 0 saturated heterocycles. The van der Waals surface area contributed by atoms with Crippen LogP contribution in [0.4, 0.5) is 11.5 Å². The lowest BCUT2D eigenvalue weighted by Crippen LogP contribution is -2.15. The van der Waals surface area contributed by atoms with Crippen LogP contribution in [0.3, 0.4) is 0 Å². The zero-order valence-corrected chi connectivity index (χ0v) is 13.3. The van der Waals surface area contributed by atoms with Crippen molar-refractivity contribution in [3.63, 3.8) is 0 Å². The van der Waals surface area contributed by atoms with Gasteiger partial charge in [-0.05, 0) is 42.5 Å². The highest BCUT2D eigenvalue weighted by atomic mass is 16.1. The number of hydrogen-bond acceptors (Lipinski definition) is 3. The first kappa shape index (κ1) is 14.9. The minimum Gasteiger partial charge on any atom is -0.322 e. The Morgan fingerprint density at radius 1 is 0.920 bits per heavy atom. The van der Waals surface area contributed by atoms with Gasteiger partial charge in [-0.15, -0.1) is 0 Å². The Morgan fingerprint density at radius 2 is 1.80 bits per heavy atom. The predicted molar refractivity (Wildman–Crippen MR) is 95.3 cm³/mol. The summed E-state index contributed by atoms with van der Waals surface area (Å²) in [5.74, 6) is 0.564. The van der Waals surface area contributed by atoms with E-state index in [1.54, 1.807) is 18.7 Å². The molecule has 0 bridgehead atoms. The van der Waals surface area contributed by atoms with Crippen LogP contribution in [0, 0.1) is 0 Å². The van der Waals surface area contributed by atoms with Gasteiger partial charge in [0.15, 0.2) is 0 Å². The number of rotatable bonds is 5. The van der Waals surface area contributed by atoms with Crippen LogP contribution in [0.1, 0.15) is 0 Å². The van der Waals surface area contributed by atoms with Gasteiger partial charge in [-0.2, -0.15) is 0 Å². The van der Waals surface area contributed by atoms with Crippen LogP contribution in [-0.2, 0) is 4.79 Å². The lowest BCUT2D eigenvalue weighted by Gasteiger charge is -2.18. The number of carbonyl (C=O) groups is 1. The van der Waals surface area contributed by atoms with Crippen LogP contribution >= 0.6 is 0 Å². The average Bonchev–Trinajstić information content (AvgIpc) is 3.37. The number of carbonyl (C=O) groups excluding carboxylic acids is 1. The monoisotopic (exact) mass is 329 g/mol. The van der Waals surface area contributed by atoms with Gasteiger partial charge in [0.05, 0.1) is 23.9 Å². The predicted octanol–water partition coefficient (Wildman–Crippen LogP) is 3.35. The largest absolute Gasteiger partial charge is 0.322 e. The van der Waals surface area contributed by atoms with Crippen LogP contribution in [0.15, 0.2) is 85.8 Å². The summed E-state index contributed by atoms with van der Waals surface area (Å²) in [5, 5.41) is 0. The Kier molecular flexibility index (Phi) is 3.84. The summed E-state index contributed by atoms with van der Waals surface area (Å²) < 4.78 is 3.84. The summed E-state index contributed by atoms with van der Waals surface area (Å²) in [7, 11) is 0. The van der Waals surface area contributed by atoms with E-state index in [9.17, 15) is 4.79 Å². The van der Waals surface area contributed by atoms with Gasteiger partial charge >= 0.3 is 0 Å². The van der Waals surface area contributed by atoms with Crippen molar-refractivity contribution in [2.75, 3.05) is 4.90 Å². The number of amides is 1. The molecule has 3 aromatic heterocycles. The molecule has 1 amide bonds. The van der Waals surface area contributed by atoms with Crippen LogP contribution in [-0.4, -0.2) is 25.5 Å². The van der Waals surface area contributed by atoms with Gasteiger partial charge in [-0.3, -0.25) is 9.69 Å². The zero-order valence-electron chi connectivity index (χ0n) is 13.3. The Bertz CT molecular complexity index is 959. The summed E-state index contributed by atoms with van der Waals surface area (Å²) >= 11 is 0. The van der Waals surface area contributed by atoms with E-state index in [4.69, 9.17) is 0 Å². The van der Waals surface area contributed by atoms with Crippen molar-refractivity contribution in [1.82, 2.24) is 19.1 Å². The Hall–Kier alpha value is -3.67. The molecule has 0 N–H and O–H groups in total. The van der Waals surface area contributed by atoms with Gasteiger partial charge < -0.3 is 9.13 Å². The van der Waals surface area contributed by atoms with Gasteiger partial charge in [-0.1, -0.05) is 6.07 Å². The van der Waals surface area contributed by atoms with E-state index in [-0.39, 0.29) is 0 Å². The number of pyridine rings is 1. The number of anilines is 2. The van der Waals surface area contributed by atoms with Crippen molar-refractivity contribution in [1.29, 1.82) is 0 Å². The molecule has 4 rings (SSSR count). The topological polar surface area (TPSA) is 56.0 Å². The standard InChI is InChI=1S/C19H15N5O/c25-15-24(17-5-3-4-16(12-17)23-11-8-20-14-23)19-7-6-18(13-21-19)22-9-1-2-10-22/h1-15H. The molecule has 0 atom stereocenters. The zero-order chi connectivity index (χ0) is 17.1. The molecule has 1 aromatic carbocycles. The molecule has 4 aromatic rings. The lowest BCUT2D eigenvalue weighted by atomic mass is 10.2. The highest BCUT2D eigenvalue weighted by Crippen LogP contribution is 2.24. The van der Waals surface area contributed by atoms with Crippen LogP contribution < -0.4 is 4.90 Å². The fourth-order valence-electron chi connectivity index (χ4n) is 2.64. The fraction of sp³-hybridized carbons (Fsp3) is 0. The summed E-state index contributed by atoms with van der Waals surface area (Å²) in [6.07, 6.45) is 11.7. The summed E-state index contributed by atoms with van der Waals surface area (Å²) in [5.41, 5.74) is 2.60. The molecular weight excluding hydrogens is 314 g/mol. The minimum absolute atomic E-state index is 0.564. The molecule has 0 saturated carbocycles. The fourth-order valence-corrected chi connectivity index (χ4v) is 2.64. The van der Waals surface area contributed by atoms with Crippen LogP contribution in [0.2, 0.25) is 0 Å². The third-order valence-corrected chi connectivity index (χ3v) is 3.90. The van der Waals surface area contributed by atoms with Crippen molar-refractivity contribution in [2.45, 2.75) is 0 Å². The first-order valence-electron chi connectivity index (χ1n) is 7.77. The maximum atomic E-state index is 11.7. The summed E-state index contributed by atoms with van der Waals surface area (Å²) in [4.78, 5) is 21.7. The Morgan fingerprint density at radius 3 is 2.48 bits per heavy atom. The maximum Gasteiger partial charge on any atom is 0.219 e. The molecule has 0 unspecified atom stereocenters. The van der Waals surface area contributed by atoms with Crippen molar-refractivity contribution in [2.24, 2.45) is 0 Å². The van der Waals surface area contributed by atoms with Crippen LogP contribution in [0.25, 0.3) is 11.4 Å². The quantitative estimate of drug-likeness (QED) is 0.528. The SMILES string of the molecule is O=CN(c1cccc(-n2ccnc2)c1)c1ccc(-n2cccc2)cn1. The minimum atomic E-state index is 0.564. The summed E-state index contributed by atoms with van der Waals surface area (Å²) in [6.45, 7) is 0. The molecule has 25 heavy (non-hydrogen) atoms. The van der Waals surface area contributed by atoms with Gasteiger partial charge in [0.25, 0.3) is 0 Å². The van der Waals surface area contributed by atoms with Gasteiger partial charge in [0, 0.05) is 30.5 Å². The van der Waals surface area contributed by atoms with E-state index in [0.29, 0.717) is 5.82 Å². The van der Waals surface area contributed by atoms with Crippen molar-refractivity contribution in [3.8, 4) is 11.4 Å². The second-order valence-corrected chi connectivity index (χ2v) is 5.43. The number of aromatic nitrogens is 4. The smallest absolute Gasteiger partial charge is 0.219 e. The van der Waals surface area contributed by atoms with Crippen LogP contribution in [0.5, 0.6) is 0 Å². The van der Waals surface area contributed by atoms with Gasteiger partial charge in [-0.25, -0.2) is 9.97 Å². The summed E-state index contributed by atoms with van der Waals surface area (Å²) in [6, 6.07) is 15.3. The van der Waals surface area contributed by atoms with E-state index in [1.807, 2.05) is 76.3 Å². The number of hydrogen-bond donors (Lipinski definition) is 0. The first-order chi connectivity index (χ1) is 12.3. The molecule has 0 spiro atoms. The molecule has 0 aliphatic carbocycles. The molecule has 6 heteroatoms. The molecule has 3 heterocycles. The molecule has 0 aliphatic heterocycles. The second kappa shape index (κ2) is 6.45. The van der Waals surface area contributed by atoms with Gasteiger partial charge in [0.1, 0.15) is 5.82 Å².